The third kappa shape index (κ3) is 3.15. The highest BCUT2D eigenvalue weighted by Crippen LogP contribution is 2.42. The number of carbonyl (C=O) groups excluding carboxylic acids is 1. The molecule has 4 rings (SSSR count). The van der Waals surface area contributed by atoms with Crippen LogP contribution in [0.3, 0.4) is 0 Å². The molecule has 0 atom stereocenters. The second-order valence-electron chi connectivity index (χ2n) is 6.58. The summed E-state index contributed by atoms with van der Waals surface area (Å²) in [5.41, 5.74) is 6.27. The summed E-state index contributed by atoms with van der Waals surface area (Å²) in [6.45, 7) is 2.69. The molecule has 4 nitrogen and oxygen atoms in total. The van der Waals surface area contributed by atoms with Gasteiger partial charge in [-0.25, -0.2) is 0 Å². The molecule has 1 aliphatic heterocycles. The van der Waals surface area contributed by atoms with Gasteiger partial charge in [0.1, 0.15) is 0 Å². The number of thioether (sulfide) groups is 1. The minimum atomic E-state index is -0.0884. The van der Waals surface area contributed by atoms with E-state index in [9.17, 15) is 4.79 Å². The molecule has 0 saturated heterocycles. The van der Waals surface area contributed by atoms with Gasteiger partial charge in [0.25, 0.3) is 5.91 Å². The number of carbonyl (C=O) groups is 1. The standard InChI is InChI=1S/C21H21N3OS/c1-14-6-5-7-15(12-14)10-11-22-21(25)19-17-13-26-18-9-4-3-8-16(18)20(17)24(2)23-19/h3-9,12H,10-11,13H2,1-2H3,(H,22,25). The van der Waals surface area contributed by atoms with Crippen molar-refractivity contribution < 1.29 is 4.79 Å². The van der Waals surface area contributed by atoms with Gasteiger partial charge in [0.05, 0.1) is 5.69 Å². The number of nitrogens with one attached hydrogen (secondary N) is 1. The molecular weight excluding hydrogens is 342 g/mol. The Bertz CT molecular complexity index is 977. The van der Waals surface area contributed by atoms with Gasteiger partial charge in [-0.15, -0.1) is 11.8 Å². The topological polar surface area (TPSA) is 46.9 Å². The van der Waals surface area contributed by atoms with Crippen LogP contribution in [0.25, 0.3) is 11.3 Å². The number of hydrogen-bond donors (Lipinski definition) is 1. The van der Waals surface area contributed by atoms with Gasteiger partial charge in [0.2, 0.25) is 0 Å². The van der Waals surface area contributed by atoms with Crippen molar-refractivity contribution in [1.82, 2.24) is 15.1 Å². The molecule has 0 fully saturated rings. The fourth-order valence-corrected chi connectivity index (χ4v) is 4.50. The van der Waals surface area contributed by atoms with Crippen molar-refractivity contribution in [3.63, 3.8) is 0 Å². The van der Waals surface area contributed by atoms with E-state index in [0.717, 1.165) is 29.0 Å². The molecular formula is C21H21N3OS. The van der Waals surface area contributed by atoms with Gasteiger partial charge in [-0.1, -0.05) is 48.0 Å². The number of nitrogens with zero attached hydrogens (tertiary/aromatic N) is 2. The summed E-state index contributed by atoms with van der Waals surface area (Å²) in [6.07, 6.45) is 0.819. The highest BCUT2D eigenvalue weighted by Gasteiger charge is 2.27. The molecule has 0 bridgehead atoms. The normalized spacial score (nSPS) is 12.4. The predicted molar refractivity (Wildman–Crippen MR) is 105 cm³/mol. The molecule has 1 N–H and O–H groups in total. The molecule has 3 aromatic rings. The number of aromatic nitrogens is 2. The molecule has 2 heterocycles. The van der Waals surface area contributed by atoms with Crippen LogP contribution in [0.2, 0.25) is 0 Å². The van der Waals surface area contributed by atoms with Gasteiger partial charge < -0.3 is 5.32 Å². The Labute approximate surface area is 157 Å². The first-order valence-electron chi connectivity index (χ1n) is 8.75. The molecule has 26 heavy (non-hydrogen) atoms. The number of amides is 1. The average Bonchev–Trinajstić information content (AvgIpc) is 2.99. The predicted octanol–water partition coefficient (Wildman–Crippen LogP) is 3.97. The third-order valence-electron chi connectivity index (χ3n) is 4.66. The lowest BCUT2D eigenvalue weighted by molar-refractivity contribution is 0.0948. The molecule has 0 unspecified atom stereocenters. The van der Waals surface area contributed by atoms with Crippen molar-refractivity contribution in [3.8, 4) is 11.3 Å². The number of aryl methyl sites for hydroxylation is 2. The van der Waals surface area contributed by atoms with Gasteiger partial charge in [-0.05, 0) is 25.0 Å². The molecule has 132 valence electrons. The summed E-state index contributed by atoms with van der Waals surface area (Å²) in [6, 6.07) is 16.7. The monoisotopic (exact) mass is 363 g/mol. The van der Waals surface area contributed by atoms with Gasteiger partial charge in [0.15, 0.2) is 5.69 Å². The zero-order valence-electron chi connectivity index (χ0n) is 15.0. The van der Waals surface area contributed by atoms with Crippen molar-refractivity contribution in [3.05, 3.63) is 70.9 Å². The van der Waals surface area contributed by atoms with Crippen molar-refractivity contribution in [2.75, 3.05) is 6.54 Å². The molecule has 1 aromatic heterocycles. The largest absolute Gasteiger partial charge is 0.350 e. The lowest BCUT2D eigenvalue weighted by atomic mass is 10.1. The summed E-state index contributed by atoms with van der Waals surface area (Å²) in [7, 11) is 1.91. The summed E-state index contributed by atoms with van der Waals surface area (Å²) in [4.78, 5) is 13.9. The van der Waals surface area contributed by atoms with Crippen LogP contribution in [0, 0.1) is 6.92 Å². The van der Waals surface area contributed by atoms with E-state index in [1.54, 1.807) is 11.8 Å². The van der Waals surface area contributed by atoms with Crippen LogP contribution in [0.15, 0.2) is 53.4 Å². The van der Waals surface area contributed by atoms with Crippen LogP contribution >= 0.6 is 11.8 Å². The minimum absolute atomic E-state index is 0.0884. The maximum absolute atomic E-state index is 12.7. The van der Waals surface area contributed by atoms with Crippen LogP contribution in [0.4, 0.5) is 0 Å². The quantitative estimate of drug-likeness (QED) is 0.763. The Morgan fingerprint density at radius 3 is 2.92 bits per heavy atom. The molecule has 1 aliphatic rings. The highest BCUT2D eigenvalue weighted by atomic mass is 32.2. The van der Waals surface area contributed by atoms with Crippen molar-refractivity contribution in [2.45, 2.75) is 24.0 Å². The van der Waals surface area contributed by atoms with E-state index in [4.69, 9.17) is 0 Å². The van der Waals surface area contributed by atoms with E-state index in [1.165, 1.54) is 16.0 Å². The molecule has 5 heteroatoms. The highest BCUT2D eigenvalue weighted by molar-refractivity contribution is 7.98. The van der Waals surface area contributed by atoms with E-state index in [1.807, 2.05) is 23.9 Å². The van der Waals surface area contributed by atoms with Gasteiger partial charge in [-0.3, -0.25) is 9.48 Å². The lowest BCUT2D eigenvalue weighted by Crippen LogP contribution is -2.27. The fourth-order valence-electron chi connectivity index (χ4n) is 3.43. The van der Waals surface area contributed by atoms with E-state index < -0.39 is 0 Å². The number of fused-ring (bicyclic) bond motifs is 3. The number of benzene rings is 2. The Balaban J connectivity index is 1.51. The summed E-state index contributed by atoms with van der Waals surface area (Å²) >= 11 is 1.77. The number of hydrogen-bond acceptors (Lipinski definition) is 3. The molecule has 0 aliphatic carbocycles. The van der Waals surface area contributed by atoms with Crippen LogP contribution in [0.1, 0.15) is 27.2 Å². The first-order valence-corrected chi connectivity index (χ1v) is 9.74. The average molecular weight is 363 g/mol. The fraction of sp³-hybridized carbons (Fsp3) is 0.238. The smallest absolute Gasteiger partial charge is 0.272 e. The van der Waals surface area contributed by atoms with Crippen molar-refractivity contribution in [2.24, 2.45) is 7.05 Å². The molecule has 0 radical (unpaired) electrons. The van der Waals surface area contributed by atoms with Crippen LogP contribution in [0.5, 0.6) is 0 Å². The van der Waals surface area contributed by atoms with Gasteiger partial charge in [-0.2, -0.15) is 5.10 Å². The zero-order chi connectivity index (χ0) is 18.1. The molecule has 0 saturated carbocycles. The SMILES string of the molecule is Cc1cccc(CCNC(=O)c2nn(C)c3c2CSc2ccccc2-3)c1. The van der Waals surface area contributed by atoms with Crippen molar-refractivity contribution >= 4 is 17.7 Å². The minimum Gasteiger partial charge on any atom is -0.350 e. The Morgan fingerprint density at radius 2 is 2.08 bits per heavy atom. The summed E-state index contributed by atoms with van der Waals surface area (Å²) in [5, 5.41) is 7.55. The summed E-state index contributed by atoms with van der Waals surface area (Å²) < 4.78 is 1.84. The number of rotatable bonds is 4. The first kappa shape index (κ1) is 16.9. The molecule has 0 spiro atoms. The van der Waals surface area contributed by atoms with Crippen LogP contribution in [-0.4, -0.2) is 22.2 Å². The maximum atomic E-state index is 12.7. The summed E-state index contributed by atoms with van der Waals surface area (Å²) in [5.74, 6) is 0.690. The van der Waals surface area contributed by atoms with Crippen LogP contribution < -0.4 is 5.32 Å². The lowest BCUT2D eigenvalue weighted by Gasteiger charge is -2.16. The second-order valence-corrected chi connectivity index (χ2v) is 7.60. The van der Waals surface area contributed by atoms with E-state index in [-0.39, 0.29) is 5.91 Å². The van der Waals surface area contributed by atoms with Gasteiger partial charge >= 0.3 is 0 Å². The first-order chi connectivity index (χ1) is 12.6. The molecule has 1 amide bonds. The molecule has 2 aromatic carbocycles. The Kier molecular flexibility index (Phi) is 4.55. The Morgan fingerprint density at radius 1 is 1.23 bits per heavy atom. The van der Waals surface area contributed by atoms with Crippen molar-refractivity contribution in [1.29, 1.82) is 0 Å². The van der Waals surface area contributed by atoms with Gasteiger partial charge in [0, 0.05) is 35.4 Å². The second kappa shape index (κ2) is 7.00. The van der Waals surface area contributed by atoms with E-state index in [0.29, 0.717) is 12.2 Å². The van der Waals surface area contributed by atoms with Crippen LogP contribution in [-0.2, 0) is 19.2 Å². The van der Waals surface area contributed by atoms with E-state index >= 15 is 0 Å². The third-order valence-corrected chi connectivity index (χ3v) is 5.76. The zero-order valence-corrected chi connectivity index (χ0v) is 15.8. The Hall–Kier alpha value is -2.53. The maximum Gasteiger partial charge on any atom is 0.272 e. The van der Waals surface area contributed by atoms with E-state index in [2.05, 4.69) is 53.7 Å².